The minimum absolute atomic E-state index is 0.00268. The van der Waals surface area contributed by atoms with Gasteiger partial charge in [0.25, 0.3) is 0 Å². The van der Waals surface area contributed by atoms with E-state index in [-0.39, 0.29) is 11.7 Å². The number of rotatable bonds is 7. The van der Waals surface area contributed by atoms with E-state index < -0.39 is 11.6 Å². The van der Waals surface area contributed by atoms with Gasteiger partial charge in [0.2, 0.25) is 5.82 Å². The highest BCUT2D eigenvalue weighted by atomic mass is 19.2. The van der Waals surface area contributed by atoms with Crippen molar-refractivity contribution in [2.45, 2.75) is 89.9 Å². The van der Waals surface area contributed by atoms with E-state index in [1.54, 1.807) is 12.1 Å². The molecule has 3 saturated carbocycles. The van der Waals surface area contributed by atoms with Gasteiger partial charge in [-0.25, -0.2) is 4.39 Å². The van der Waals surface area contributed by atoms with Crippen LogP contribution in [0.2, 0.25) is 0 Å². The van der Waals surface area contributed by atoms with Gasteiger partial charge in [-0.15, -0.1) is 0 Å². The number of hydrogen-bond donors (Lipinski definition) is 0. The van der Waals surface area contributed by atoms with Crippen molar-refractivity contribution in [2.75, 3.05) is 7.11 Å². The van der Waals surface area contributed by atoms with E-state index in [1.807, 2.05) is 0 Å². The SMILES string of the molecule is CCCC1CCC2C(CCC3CCC(c4ccc(OC)c(F)c4F)CC3)CCC12. The first-order valence-corrected chi connectivity index (χ1v) is 12.1. The Balaban J connectivity index is 1.26. The van der Waals surface area contributed by atoms with E-state index in [0.29, 0.717) is 5.56 Å². The normalized spacial score (nSPS) is 34.3. The van der Waals surface area contributed by atoms with E-state index in [4.69, 9.17) is 4.74 Å². The summed E-state index contributed by atoms with van der Waals surface area (Å²) >= 11 is 0. The molecular weight excluding hydrogens is 366 g/mol. The molecule has 4 unspecified atom stereocenters. The van der Waals surface area contributed by atoms with Crippen LogP contribution in [0.3, 0.4) is 0 Å². The molecule has 0 spiro atoms. The summed E-state index contributed by atoms with van der Waals surface area (Å²) in [6.07, 6.45) is 15.7. The van der Waals surface area contributed by atoms with Gasteiger partial charge >= 0.3 is 0 Å². The van der Waals surface area contributed by atoms with Crippen molar-refractivity contribution in [3.8, 4) is 5.75 Å². The van der Waals surface area contributed by atoms with E-state index in [1.165, 1.54) is 58.5 Å². The summed E-state index contributed by atoms with van der Waals surface area (Å²) in [5, 5.41) is 0. The quantitative estimate of drug-likeness (QED) is 0.449. The lowest BCUT2D eigenvalue weighted by Crippen LogP contribution is -2.17. The van der Waals surface area contributed by atoms with Crippen molar-refractivity contribution >= 4 is 0 Å². The maximum absolute atomic E-state index is 14.4. The van der Waals surface area contributed by atoms with Gasteiger partial charge in [0.1, 0.15) is 0 Å². The van der Waals surface area contributed by atoms with Crippen LogP contribution in [0.4, 0.5) is 8.78 Å². The smallest absolute Gasteiger partial charge is 0.200 e. The predicted molar refractivity (Wildman–Crippen MR) is 114 cm³/mol. The highest BCUT2D eigenvalue weighted by Crippen LogP contribution is 2.53. The van der Waals surface area contributed by atoms with Crippen molar-refractivity contribution in [3.05, 3.63) is 29.3 Å². The molecule has 1 nitrogen and oxygen atoms in total. The number of halogens is 2. The van der Waals surface area contributed by atoms with Gasteiger partial charge in [-0.1, -0.05) is 32.3 Å². The third-order valence-corrected chi connectivity index (χ3v) is 8.69. The highest BCUT2D eigenvalue weighted by Gasteiger charge is 2.43. The summed E-state index contributed by atoms with van der Waals surface area (Å²) in [4.78, 5) is 0. The summed E-state index contributed by atoms with van der Waals surface area (Å²) in [7, 11) is 1.38. The van der Waals surface area contributed by atoms with Crippen molar-refractivity contribution in [3.63, 3.8) is 0 Å². The van der Waals surface area contributed by atoms with Gasteiger partial charge in [0, 0.05) is 0 Å². The van der Waals surface area contributed by atoms with E-state index in [0.717, 1.165) is 55.3 Å². The Morgan fingerprint density at radius 2 is 1.45 bits per heavy atom. The monoisotopic (exact) mass is 404 g/mol. The zero-order chi connectivity index (χ0) is 20.4. The molecular formula is C26H38F2O. The molecule has 3 aliphatic carbocycles. The second-order valence-electron chi connectivity index (χ2n) is 10.1. The Kier molecular flexibility index (Phi) is 6.81. The lowest BCUT2D eigenvalue weighted by molar-refractivity contribution is 0.250. The molecule has 3 fully saturated rings. The average molecular weight is 405 g/mol. The summed E-state index contributed by atoms with van der Waals surface area (Å²) in [6.45, 7) is 2.34. The number of methoxy groups -OCH3 is 1. The summed E-state index contributed by atoms with van der Waals surface area (Å²) in [5.41, 5.74) is 0.549. The van der Waals surface area contributed by atoms with Crippen LogP contribution in [0.5, 0.6) is 5.75 Å². The first-order valence-electron chi connectivity index (χ1n) is 12.1. The average Bonchev–Trinajstić information content (AvgIpc) is 3.32. The molecule has 29 heavy (non-hydrogen) atoms. The lowest BCUT2D eigenvalue weighted by atomic mass is 9.75. The summed E-state index contributed by atoms with van der Waals surface area (Å²) < 4.78 is 33.4. The minimum Gasteiger partial charge on any atom is -0.494 e. The second-order valence-corrected chi connectivity index (χ2v) is 10.1. The molecule has 0 N–H and O–H groups in total. The molecule has 4 rings (SSSR count). The van der Waals surface area contributed by atoms with Crippen LogP contribution in [0, 0.1) is 41.2 Å². The van der Waals surface area contributed by atoms with Crippen molar-refractivity contribution in [2.24, 2.45) is 29.6 Å². The fraction of sp³-hybridized carbons (Fsp3) is 0.769. The number of hydrogen-bond acceptors (Lipinski definition) is 1. The Bertz CT molecular complexity index is 680. The molecule has 0 amide bonds. The molecule has 1 aromatic carbocycles. The fourth-order valence-electron chi connectivity index (χ4n) is 7.16. The first-order chi connectivity index (χ1) is 14.1. The minimum atomic E-state index is -0.833. The van der Waals surface area contributed by atoms with Gasteiger partial charge in [0.15, 0.2) is 11.6 Å². The van der Waals surface area contributed by atoms with E-state index in [9.17, 15) is 8.78 Å². The molecule has 4 atom stereocenters. The van der Waals surface area contributed by atoms with Gasteiger partial charge in [-0.05, 0) is 105 Å². The van der Waals surface area contributed by atoms with Crippen LogP contribution in [0.25, 0.3) is 0 Å². The van der Waals surface area contributed by atoms with Gasteiger partial charge in [-0.2, -0.15) is 4.39 Å². The lowest BCUT2D eigenvalue weighted by Gasteiger charge is -2.30. The van der Waals surface area contributed by atoms with Crippen LogP contribution in [0.15, 0.2) is 12.1 Å². The summed E-state index contributed by atoms with van der Waals surface area (Å²) in [6, 6.07) is 3.30. The van der Waals surface area contributed by atoms with Crippen LogP contribution in [-0.4, -0.2) is 7.11 Å². The molecule has 0 bridgehead atoms. The van der Waals surface area contributed by atoms with Crippen molar-refractivity contribution < 1.29 is 13.5 Å². The Morgan fingerprint density at radius 3 is 2.07 bits per heavy atom. The highest BCUT2D eigenvalue weighted by molar-refractivity contribution is 5.33. The Morgan fingerprint density at radius 1 is 0.793 bits per heavy atom. The second kappa shape index (κ2) is 9.35. The number of benzene rings is 1. The molecule has 0 saturated heterocycles. The maximum atomic E-state index is 14.4. The van der Waals surface area contributed by atoms with Crippen LogP contribution in [-0.2, 0) is 0 Å². The predicted octanol–water partition coefficient (Wildman–Crippen LogP) is 7.88. The molecule has 3 aliphatic rings. The van der Waals surface area contributed by atoms with Crippen LogP contribution < -0.4 is 4.74 Å². The largest absolute Gasteiger partial charge is 0.494 e. The first kappa shape index (κ1) is 21.1. The van der Waals surface area contributed by atoms with Crippen LogP contribution >= 0.6 is 0 Å². The molecule has 1 aromatic rings. The standard InChI is InChI=1S/C26H38F2O/c1-3-4-18-11-13-22-19(12-14-21(18)22)8-5-17-6-9-20(10-7-17)23-15-16-24(29-2)26(28)25(23)27/h15-22H,3-14H2,1-2H3. The number of fused-ring (bicyclic) bond motifs is 1. The third kappa shape index (κ3) is 4.35. The van der Waals surface area contributed by atoms with Gasteiger partial charge in [-0.3, -0.25) is 0 Å². The molecule has 0 aliphatic heterocycles. The van der Waals surface area contributed by atoms with Gasteiger partial charge < -0.3 is 4.74 Å². The van der Waals surface area contributed by atoms with Crippen LogP contribution in [0.1, 0.15) is 95.5 Å². The molecule has 3 heteroatoms. The molecule has 0 aromatic heterocycles. The van der Waals surface area contributed by atoms with Gasteiger partial charge in [0.05, 0.1) is 7.11 Å². The third-order valence-electron chi connectivity index (χ3n) is 8.69. The topological polar surface area (TPSA) is 9.23 Å². The molecule has 162 valence electrons. The van der Waals surface area contributed by atoms with E-state index in [2.05, 4.69) is 6.92 Å². The molecule has 0 radical (unpaired) electrons. The Labute approximate surface area is 175 Å². The maximum Gasteiger partial charge on any atom is 0.200 e. The van der Waals surface area contributed by atoms with E-state index >= 15 is 0 Å². The Hall–Kier alpha value is -1.12. The zero-order valence-electron chi connectivity index (χ0n) is 18.3. The summed E-state index contributed by atoms with van der Waals surface area (Å²) in [5.74, 6) is 3.44. The van der Waals surface area contributed by atoms with Crippen molar-refractivity contribution in [1.82, 2.24) is 0 Å². The molecule has 0 heterocycles. The number of ether oxygens (including phenoxy) is 1. The zero-order valence-corrected chi connectivity index (χ0v) is 18.3. The fourth-order valence-corrected chi connectivity index (χ4v) is 7.16. The van der Waals surface area contributed by atoms with Crippen molar-refractivity contribution in [1.29, 1.82) is 0 Å².